The molecule has 0 bridgehead atoms. The topological polar surface area (TPSA) is 83.0 Å². The number of piperidine rings is 2. The second-order valence-corrected chi connectivity index (χ2v) is 9.21. The number of carbonyl (C=O) groups excluding carboxylic acids is 1. The number of carbonyl (C=O) groups is 1. The number of aromatic nitrogens is 2. The van der Waals surface area contributed by atoms with E-state index in [0.29, 0.717) is 18.2 Å². The van der Waals surface area contributed by atoms with Crippen molar-refractivity contribution < 1.29 is 9.63 Å². The monoisotopic (exact) mass is 464 g/mol. The molecule has 4 rings (SSSR count). The van der Waals surface area contributed by atoms with E-state index in [2.05, 4.69) is 42.4 Å². The highest BCUT2D eigenvalue weighted by Gasteiger charge is 2.32. The summed E-state index contributed by atoms with van der Waals surface area (Å²) < 4.78 is 0. The molecule has 8 heteroatoms. The summed E-state index contributed by atoms with van der Waals surface area (Å²) in [6, 6.07) is 10.1. The van der Waals surface area contributed by atoms with Crippen LogP contribution in [0.2, 0.25) is 0 Å². The van der Waals surface area contributed by atoms with Gasteiger partial charge >= 0.3 is 0 Å². The van der Waals surface area contributed by atoms with Gasteiger partial charge in [-0.05, 0) is 68.6 Å². The first kappa shape index (κ1) is 24.1. The van der Waals surface area contributed by atoms with Crippen LogP contribution in [0.4, 0.5) is 5.82 Å². The van der Waals surface area contributed by atoms with Crippen molar-refractivity contribution in [2.45, 2.75) is 38.6 Å². The summed E-state index contributed by atoms with van der Waals surface area (Å²) in [4.78, 5) is 31.6. The average molecular weight is 465 g/mol. The SMILES string of the molecule is CNc1cc(CN2CCC(C(=O)N3CCC(C(Cc4ccccn4)=NOC)CC3)CC2)ccn1. The maximum absolute atomic E-state index is 13.2. The standard InChI is InChI=1S/C26H36N6O2/c1-27-25-17-20(6-12-29-25)19-31-13-7-22(8-14-31)26(33)32-15-9-21(10-16-32)24(30-34-2)18-23-5-3-4-11-28-23/h3-6,11-12,17,21-22H,7-10,13-16,18-19H2,1-2H3,(H,27,29). The Hall–Kier alpha value is -3.00. The third kappa shape index (κ3) is 6.32. The molecule has 1 N–H and O–H groups in total. The quantitative estimate of drug-likeness (QED) is 0.477. The van der Waals surface area contributed by atoms with Crippen LogP contribution in [0, 0.1) is 11.8 Å². The fourth-order valence-corrected chi connectivity index (χ4v) is 5.05. The van der Waals surface area contributed by atoms with E-state index in [0.717, 1.165) is 75.6 Å². The van der Waals surface area contributed by atoms with E-state index in [1.807, 2.05) is 37.6 Å². The third-order valence-corrected chi connectivity index (χ3v) is 7.00. The summed E-state index contributed by atoms with van der Waals surface area (Å²) >= 11 is 0. The van der Waals surface area contributed by atoms with E-state index >= 15 is 0 Å². The van der Waals surface area contributed by atoms with Crippen LogP contribution in [0.3, 0.4) is 0 Å². The van der Waals surface area contributed by atoms with Crippen LogP contribution in [0.5, 0.6) is 0 Å². The molecule has 2 aromatic heterocycles. The van der Waals surface area contributed by atoms with Crippen LogP contribution < -0.4 is 5.32 Å². The average Bonchev–Trinajstić information content (AvgIpc) is 2.89. The Kier molecular flexibility index (Phi) is 8.46. The van der Waals surface area contributed by atoms with Crippen molar-refractivity contribution in [3.63, 3.8) is 0 Å². The lowest BCUT2D eigenvalue weighted by atomic mass is 9.88. The van der Waals surface area contributed by atoms with Crippen molar-refractivity contribution in [3.05, 3.63) is 54.0 Å². The van der Waals surface area contributed by atoms with Gasteiger partial charge in [-0.1, -0.05) is 11.2 Å². The van der Waals surface area contributed by atoms with Gasteiger partial charge in [0.25, 0.3) is 0 Å². The van der Waals surface area contributed by atoms with Gasteiger partial charge in [-0.3, -0.25) is 14.7 Å². The van der Waals surface area contributed by atoms with Crippen molar-refractivity contribution >= 4 is 17.4 Å². The lowest BCUT2D eigenvalue weighted by molar-refractivity contribution is -0.138. The molecule has 1 amide bonds. The molecule has 2 fully saturated rings. The number of likely N-dealkylation sites (tertiary alicyclic amines) is 2. The number of hydrogen-bond donors (Lipinski definition) is 1. The zero-order chi connectivity index (χ0) is 23.8. The summed E-state index contributed by atoms with van der Waals surface area (Å²) in [6.07, 6.45) is 8.06. The minimum Gasteiger partial charge on any atom is -0.399 e. The van der Waals surface area contributed by atoms with Gasteiger partial charge in [0.05, 0.1) is 5.71 Å². The second kappa shape index (κ2) is 11.9. The molecule has 34 heavy (non-hydrogen) atoms. The predicted molar refractivity (Wildman–Crippen MR) is 133 cm³/mol. The lowest BCUT2D eigenvalue weighted by Crippen LogP contribution is -2.46. The van der Waals surface area contributed by atoms with Crippen molar-refractivity contribution in [1.82, 2.24) is 19.8 Å². The molecule has 0 atom stereocenters. The van der Waals surface area contributed by atoms with Gasteiger partial charge in [0.2, 0.25) is 5.91 Å². The molecule has 182 valence electrons. The molecule has 0 aromatic carbocycles. The van der Waals surface area contributed by atoms with Gasteiger partial charge in [-0.2, -0.15) is 0 Å². The molecular weight excluding hydrogens is 428 g/mol. The van der Waals surface area contributed by atoms with Gasteiger partial charge < -0.3 is 15.1 Å². The van der Waals surface area contributed by atoms with Gasteiger partial charge in [-0.25, -0.2) is 4.98 Å². The number of anilines is 1. The predicted octanol–water partition coefficient (Wildman–Crippen LogP) is 3.21. The van der Waals surface area contributed by atoms with Crippen LogP contribution in [-0.2, 0) is 22.6 Å². The van der Waals surface area contributed by atoms with Crippen LogP contribution >= 0.6 is 0 Å². The molecule has 2 aromatic rings. The molecule has 0 spiro atoms. The molecule has 8 nitrogen and oxygen atoms in total. The summed E-state index contributed by atoms with van der Waals surface area (Å²) in [6.45, 7) is 4.40. The highest BCUT2D eigenvalue weighted by Crippen LogP contribution is 2.26. The van der Waals surface area contributed by atoms with Crippen molar-refractivity contribution in [3.8, 4) is 0 Å². The van der Waals surface area contributed by atoms with Crippen LogP contribution in [0.25, 0.3) is 0 Å². The van der Waals surface area contributed by atoms with E-state index in [4.69, 9.17) is 4.84 Å². The van der Waals surface area contributed by atoms with E-state index in [-0.39, 0.29) is 5.92 Å². The Bertz CT molecular complexity index is 951. The van der Waals surface area contributed by atoms with E-state index in [1.165, 1.54) is 5.56 Å². The first-order chi connectivity index (χ1) is 16.7. The summed E-state index contributed by atoms with van der Waals surface area (Å²) in [5.41, 5.74) is 3.28. The molecule has 4 heterocycles. The van der Waals surface area contributed by atoms with Crippen molar-refractivity contribution in [2.75, 3.05) is 45.7 Å². The van der Waals surface area contributed by atoms with Crippen LogP contribution in [0.1, 0.15) is 36.9 Å². The molecule has 0 radical (unpaired) electrons. The van der Waals surface area contributed by atoms with Crippen LogP contribution in [0.15, 0.2) is 47.9 Å². The zero-order valence-corrected chi connectivity index (χ0v) is 20.3. The number of hydrogen-bond acceptors (Lipinski definition) is 7. The van der Waals surface area contributed by atoms with Gasteiger partial charge in [0.15, 0.2) is 0 Å². The minimum atomic E-state index is 0.138. The summed E-state index contributed by atoms with van der Waals surface area (Å²) in [5, 5.41) is 7.41. The fourth-order valence-electron chi connectivity index (χ4n) is 5.05. The lowest BCUT2D eigenvalue weighted by Gasteiger charge is -2.37. The van der Waals surface area contributed by atoms with E-state index < -0.39 is 0 Å². The number of rotatable bonds is 8. The molecule has 0 aliphatic carbocycles. The Morgan fingerprint density at radius 3 is 2.50 bits per heavy atom. The minimum absolute atomic E-state index is 0.138. The molecule has 0 saturated carbocycles. The highest BCUT2D eigenvalue weighted by molar-refractivity contribution is 5.88. The Labute approximate surface area is 202 Å². The maximum Gasteiger partial charge on any atom is 0.225 e. The van der Waals surface area contributed by atoms with Crippen LogP contribution in [-0.4, -0.2) is 71.7 Å². The normalized spacial score (nSPS) is 18.6. The largest absolute Gasteiger partial charge is 0.399 e. The molecule has 2 aliphatic rings. The first-order valence-electron chi connectivity index (χ1n) is 12.3. The molecule has 2 saturated heterocycles. The fraction of sp³-hybridized carbons (Fsp3) is 0.538. The zero-order valence-electron chi connectivity index (χ0n) is 20.3. The Morgan fingerprint density at radius 1 is 1.06 bits per heavy atom. The number of oxime groups is 1. The van der Waals surface area contributed by atoms with Gasteiger partial charge in [0.1, 0.15) is 12.9 Å². The number of nitrogens with one attached hydrogen (secondary N) is 1. The molecule has 2 aliphatic heterocycles. The Morgan fingerprint density at radius 2 is 1.82 bits per heavy atom. The van der Waals surface area contributed by atoms with Crippen molar-refractivity contribution in [1.29, 1.82) is 0 Å². The second-order valence-electron chi connectivity index (χ2n) is 9.21. The molecule has 0 unspecified atom stereocenters. The van der Waals surface area contributed by atoms with Crippen molar-refractivity contribution in [2.24, 2.45) is 17.0 Å². The van der Waals surface area contributed by atoms with E-state index in [1.54, 1.807) is 7.11 Å². The number of nitrogens with zero attached hydrogens (tertiary/aromatic N) is 5. The number of pyridine rings is 2. The highest BCUT2D eigenvalue weighted by atomic mass is 16.6. The maximum atomic E-state index is 13.2. The van der Waals surface area contributed by atoms with E-state index in [9.17, 15) is 4.79 Å². The first-order valence-corrected chi connectivity index (χ1v) is 12.3. The van der Waals surface area contributed by atoms with Gasteiger partial charge in [-0.15, -0.1) is 0 Å². The molecular formula is C26H36N6O2. The third-order valence-electron chi connectivity index (χ3n) is 7.00. The Balaban J connectivity index is 1.24. The van der Waals surface area contributed by atoms with Gasteiger partial charge in [0, 0.05) is 63.0 Å². The summed E-state index contributed by atoms with van der Waals surface area (Å²) in [5.74, 6) is 1.69. The summed E-state index contributed by atoms with van der Waals surface area (Å²) in [7, 11) is 3.48. The smallest absolute Gasteiger partial charge is 0.225 e. The number of amides is 1.